The van der Waals surface area contributed by atoms with Crippen LogP contribution in [0, 0.1) is 0 Å². The standard InChI is InChI=1S/C21H30N4O2/c1-24(17-10-5-3-6-11-17)15-9-14-22-21(26)20-19(27-2)16-25(23-20)18-12-7-4-8-13-18/h4,7-8,12-13,16-17H,3,5-6,9-11,14-15H2,1-2H3,(H,22,26). The maximum atomic E-state index is 12.5. The molecule has 1 heterocycles. The van der Waals surface area contributed by atoms with Crippen molar-refractivity contribution in [3.05, 3.63) is 42.2 Å². The van der Waals surface area contributed by atoms with Crippen LogP contribution in [0.3, 0.4) is 0 Å². The second kappa shape index (κ2) is 9.55. The Morgan fingerprint density at radius 1 is 1.26 bits per heavy atom. The molecule has 1 aromatic carbocycles. The number of rotatable bonds is 8. The zero-order valence-corrected chi connectivity index (χ0v) is 16.4. The van der Waals surface area contributed by atoms with Gasteiger partial charge in [-0.15, -0.1) is 0 Å². The number of nitrogens with zero attached hydrogens (tertiary/aromatic N) is 3. The fourth-order valence-electron chi connectivity index (χ4n) is 3.70. The molecule has 0 spiro atoms. The van der Waals surface area contributed by atoms with Crippen LogP contribution in [0.2, 0.25) is 0 Å². The van der Waals surface area contributed by atoms with Crippen molar-refractivity contribution in [2.75, 3.05) is 27.2 Å². The maximum Gasteiger partial charge on any atom is 0.275 e. The van der Waals surface area contributed by atoms with Crippen LogP contribution in [0.15, 0.2) is 36.5 Å². The van der Waals surface area contributed by atoms with Crippen LogP contribution in [-0.4, -0.2) is 53.9 Å². The van der Waals surface area contributed by atoms with Crippen molar-refractivity contribution < 1.29 is 9.53 Å². The fraction of sp³-hybridized carbons (Fsp3) is 0.524. The minimum Gasteiger partial charge on any atom is -0.493 e. The molecule has 1 aromatic heterocycles. The second-order valence-corrected chi connectivity index (χ2v) is 7.21. The molecule has 0 bridgehead atoms. The molecule has 27 heavy (non-hydrogen) atoms. The minimum atomic E-state index is -0.193. The van der Waals surface area contributed by atoms with Crippen LogP contribution in [0.1, 0.15) is 49.0 Å². The molecule has 1 saturated carbocycles. The number of methoxy groups -OCH3 is 1. The number of ether oxygens (including phenoxy) is 1. The van der Waals surface area contributed by atoms with Crippen molar-refractivity contribution in [3.8, 4) is 11.4 Å². The van der Waals surface area contributed by atoms with Gasteiger partial charge in [0.15, 0.2) is 11.4 Å². The zero-order chi connectivity index (χ0) is 19.1. The smallest absolute Gasteiger partial charge is 0.275 e. The zero-order valence-electron chi connectivity index (χ0n) is 16.4. The number of hydrogen-bond acceptors (Lipinski definition) is 4. The highest BCUT2D eigenvalue weighted by atomic mass is 16.5. The molecule has 0 unspecified atom stereocenters. The van der Waals surface area contributed by atoms with Crippen LogP contribution >= 0.6 is 0 Å². The first kappa shape index (κ1) is 19.4. The van der Waals surface area contributed by atoms with E-state index in [1.165, 1.54) is 32.1 Å². The van der Waals surface area contributed by atoms with Crippen LogP contribution in [0.25, 0.3) is 5.69 Å². The first-order chi connectivity index (χ1) is 13.2. The Morgan fingerprint density at radius 2 is 2.00 bits per heavy atom. The quantitative estimate of drug-likeness (QED) is 0.725. The van der Waals surface area contributed by atoms with Crippen molar-refractivity contribution in [1.82, 2.24) is 20.0 Å². The Bertz CT molecular complexity index is 723. The lowest BCUT2D eigenvalue weighted by molar-refractivity contribution is 0.0942. The van der Waals surface area contributed by atoms with E-state index in [0.717, 1.165) is 18.7 Å². The summed E-state index contributed by atoms with van der Waals surface area (Å²) in [6.45, 7) is 1.64. The minimum absolute atomic E-state index is 0.193. The van der Waals surface area contributed by atoms with E-state index >= 15 is 0 Å². The Balaban J connectivity index is 1.51. The normalized spacial score (nSPS) is 15.1. The number of carbonyl (C=O) groups is 1. The molecule has 0 aliphatic heterocycles. The molecule has 0 saturated heterocycles. The summed E-state index contributed by atoms with van der Waals surface area (Å²) in [7, 11) is 3.75. The third-order valence-electron chi connectivity index (χ3n) is 5.31. The molecule has 1 aliphatic carbocycles. The number of carbonyl (C=O) groups excluding carboxylic acids is 1. The largest absolute Gasteiger partial charge is 0.493 e. The third kappa shape index (κ3) is 5.10. The Kier molecular flexibility index (Phi) is 6.87. The van der Waals surface area contributed by atoms with Gasteiger partial charge in [-0.05, 0) is 45.0 Å². The lowest BCUT2D eigenvalue weighted by Gasteiger charge is -2.31. The predicted molar refractivity (Wildman–Crippen MR) is 107 cm³/mol. The van der Waals surface area contributed by atoms with Crippen molar-refractivity contribution in [2.45, 2.75) is 44.6 Å². The summed E-state index contributed by atoms with van der Waals surface area (Å²) in [4.78, 5) is 15.0. The molecular weight excluding hydrogens is 340 g/mol. The lowest BCUT2D eigenvalue weighted by atomic mass is 9.94. The number of nitrogens with one attached hydrogen (secondary N) is 1. The Labute approximate surface area is 161 Å². The van der Waals surface area contributed by atoms with Gasteiger partial charge in [0.25, 0.3) is 5.91 Å². The molecule has 1 fully saturated rings. The molecule has 6 heteroatoms. The van der Waals surface area contributed by atoms with E-state index in [-0.39, 0.29) is 5.91 Å². The van der Waals surface area contributed by atoms with Crippen LogP contribution in [-0.2, 0) is 0 Å². The number of amides is 1. The summed E-state index contributed by atoms with van der Waals surface area (Å²) in [5, 5.41) is 7.38. The molecule has 1 aliphatic rings. The van der Waals surface area contributed by atoms with E-state index in [9.17, 15) is 4.79 Å². The molecule has 0 radical (unpaired) electrons. The lowest BCUT2D eigenvalue weighted by Crippen LogP contribution is -2.36. The van der Waals surface area contributed by atoms with Gasteiger partial charge in [-0.3, -0.25) is 4.79 Å². The van der Waals surface area contributed by atoms with E-state index in [1.54, 1.807) is 18.0 Å². The number of para-hydroxylation sites is 1. The molecule has 1 N–H and O–H groups in total. The summed E-state index contributed by atoms with van der Waals surface area (Å²) in [5.74, 6) is 0.289. The highest BCUT2D eigenvalue weighted by Gasteiger charge is 2.19. The van der Waals surface area contributed by atoms with Crippen molar-refractivity contribution >= 4 is 5.91 Å². The fourth-order valence-corrected chi connectivity index (χ4v) is 3.70. The average Bonchev–Trinajstić information content (AvgIpc) is 3.17. The van der Waals surface area contributed by atoms with Gasteiger partial charge in [0.2, 0.25) is 0 Å². The van der Waals surface area contributed by atoms with Gasteiger partial charge in [0.05, 0.1) is 19.0 Å². The van der Waals surface area contributed by atoms with Crippen LogP contribution < -0.4 is 10.1 Å². The average molecular weight is 370 g/mol. The Hall–Kier alpha value is -2.34. The first-order valence-corrected chi connectivity index (χ1v) is 9.86. The predicted octanol–water partition coefficient (Wildman–Crippen LogP) is 3.27. The molecule has 6 nitrogen and oxygen atoms in total. The maximum absolute atomic E-state index is 12.5. The van der Waals surface area contributed by atoms with E-state index in [0.29, 0.717) is 24.0 Å². The van der Waals surface area contributed by atoms with Crippen molar-refractivity contribution in [3.63, 3.8) is 0 Å². The van der Waals surface area contributed by atoms with Gasteiger partial charge in [-0.25, -0.2) is 4.68 Å². The monoisotopic (exact) mass is 370 g/mol. The highest BCUT2D eigenvalue weighted by Crippen LogP contribution is 2.22. The SMILES string of the molecule is COc1cn(-c2ccccc2)nc1C(=O)NCCCN(C)C1CCCCC1. The van der Waals surface area contributed by atoms with E-state index in [2.05, 4.69) is 22.4 Å². The molecule has 1 amide bonds. The van der Waals surface area contributed by atoms with E-state index < -0.39 is 0 Å². The third-order valence-corrected chi connectivity index (χ3v) is 5.31. The van der Waals surface area contributed by atoms with Gasteiger partial charge in [0.1, 0.15) is 0 Å². The summed E-state index contributed by atoms with van der Waals surface area (Å²) >= 11 is 0. The van der Waals surface area contributed by atoms with E-state index in [1.807, 2.05) is 30.3 Å². The van der Waals surface area contributed by atoms with Crippen LogP contribution in [0.4, 0.5) is 0 Å². The molecule has 3 rings (SSSR count). The van der Waals surface area contributed by atoms with Crippen molar-refractivity contribution in [1.29, 1.82) is 0 Å². The molecule has 146 valence electrons. The summed E-state index contributed by atoms with van der Waals surface area (Å²) < 4.78 is 7.01. The first-order valence-electron chi connectivity index (χ1n) is 9.86. The van der Waals surface area contributed by atoms with Gasteiger partial charge in [-0.1, -0.05) is 37.5 Å². The number of benzene rings is 1. The number of hydrogen-bond donors (Lipinski definition) is 1. The summed E-state index contributed by atoms with van der Waals surface area (Å²) in [6, 6.07) is 10.4. The van der Waals surface area contributed by atoms with Gasteiger partial charge >= 0.3 is 0 Å². The number of aromatic nitrogens is 2. The van der Waals surface area contributed by atoms with Crippen LogP contribution in [0.5, 0.6) is 5.75 Å². The second-order valence-electron chi connectivity index (χ2n) is 7.21. The topological polar surface area (TPSA) is 59.4 Å². The van der Waals surface area contributed by atoms with E-state index in [4.69, 9.17) is 4.74 Å². The highest BCUT2D eigenvalue weighted by molar-refractivity contribution is 5.94. The van der Waals surface area contributed by atoms with Gasteiger partial charge in [0, 0.05) is 12.6 Å². The Morgan fingerprint density at radius 3 is 2.70 bits per heavy atom. The summed E-state index contributed by atoms with van der Waals surface area (Å²) in [6.07, 6.45) is 9.33. The van der Waals surface area contributed by atoms with Crippen molar-refractivity contribution in [2.24, 2.45) is 0 Å². The van der Waals surface area contributed by atoms with Gasteiger partial charge < -0.3 is 15.0 Å². The summed E-state index contributed by atoms with van der Waals surface area (Å²) in [5.41, 5.74) is 1.21. The molecular formula is C21H30N4O2. The molecule has 0 atom stereocenters. The van der Waals surface area contributed by atoms with Gasteiger partial charge in [-0.2, -0.15) is 5.10 Å². The molecule has 2 aromatic rings.